The lowest BCUT2D eigenvalue weighted by Crippen LogP contribution is -2.26. The van der Waals surface area contributed by atoms with Gasteiger partial charge in [-0.15, -0.1) is 0 Å². The summed E-state index contributed by atoms with van der Waals surface area (Å²) in [6, 6.07) is 13.3. The third-order valence-electron chi connectivity index (χ3n) is 3.38. The highest BCUT2D eigenvalue weighted by Gasteiger charge is 2.19. The number of anilines is 1. The van der Waals surface area contributed by atoms with Gasteiger partial charge in [-0.1, -0.05) is 28.1 Å². The second-order valence-corrected chi connectivity index (χ2v) is 5.59. The molecule has 0 aromatic heterocycles. The smallest absolute Gasteiger partial charge is 0.0373 e. The van der Waals surface area contributed by atoms with Crippen LogP contribution in [-0.2, 0) is 0 Å². The van der Waals surface area contributed by atoms with E-state index in [1.165, 1.54) is 16.5 Å². The van der Waals surface area contributed by atoms with E-state index < -0.39 is 0 Å². The molecule has 0 aliphatic carbocycles. The lowest BCUT2D eigenvalue weighted by molar-refractivity contribution is 0.752. The number of nitrogens with two attached hydrogens (primary N) is 1. The zero-order valence-corrected chi connectivity index (χ0v) is 11.2. The largest absolute Gasteiger partial charge is 0.370 e. The number of halogens is 1. The normalized spacial score (nSPS) is 20.1. The Balaban J connectivity index is 1.99. The van der Waals surface area contributed by atoms with Gasteiger partial charge in [0, 0.05) is 29.3 Å². The average molecular weight is 291 g/mol. The maximum Gasteiger partial charge on any atom is 0.0373 e. The van der Waals surface area contributed by atoms with Gasteiger partial charge < -0.3 is 10.6 Å². The second kappa shape index (κ2) is 4.31. The average Bonchev–Trinajstić information content (AvgIpc) is 2.75. The van der Waals surface area contributed by atoms with Crippen molar-refractivity contribution in [3.05, 3.63) is 40.9 Å². The highest BCUT2D eigenvalue weighted by atomic mass is 79.9. The Kier molecular flexibility index (Phi) is 2.81. The fourth-order valence-electron chi connectivity index (χ4n) is 2.42. The molecule has 1 saturated heterocycles. The van der Waals surface area contributed by atoms with Crippen LogP contribution in [0, 0.1) is 0 Å². The van der Waals surface area contributed by atoms with Gasteiger partial charge in [0.2, 0.25) is 0 Å². The number of hydrogen-bond donors (Lipinski definition) is 1. The summed E-state index contributed by atoms with van der Waals surface area (Å²) in [5, 5.41) is 2.55. The first kappa shape index (κ1) is 11.1. The molecular weight excluding hydrogens is 276 g/mol. The molecule has 0 radical (unpaired) electrons. The fourth-order valence-corrected chi connectivity index (χ4v) is 2.80. The molecule has 1 aliphatic heterocycles. The van der Waals surface area contributed by atoms with Gasteiger partial charge in [0.1, 0.15) is 0 Å². The van der Waals surface area contributed by atoms with Crippen LogP contribution in [0.4, 0.5) is 5.69 Å². The maximum absolute atomic E-state index is 5.95. The van der Waals surface area contributed by atoms with E-state index in [9.17, 15) is 0 Å². The summed E-state index contributed by atoms with van der Waals surface area (Å²) in [6.07, 6.45) is 1.10. The molecule has 2 aromatic rings. The fraction of sp³-hybridized carbons (Fsp3) is 0.286. The minimum Gasteiger partial charge on any atom is -0.370 e. The van der Waals surface area contributed by atoms with Crippen LogP contribution in [0.3, 0.4) is 0 Å². The van der Waals surface area contributed by atoms with E-state index in [0.29, 0.717) is 6.04 Å². The predicted molar refractivity (Wildman–Crippen MR) is 76.5 cm³/mol. The molecule has 2 aromatic carbocycles. The molecule has 17 heavy (non-hydrogen) atoms. The van der Waals surface area contributed by atoms with Gasteiger partial charge in [0.05, 0.1) is 0 Å². The van der Waals surface area contributed by atoms with Crippen molar-refractivity contribution < 1.29 is 0 Å². The Morgan fingerprint density at radius 3 is 2.65 bits per heavy atom. The molecule has 88 valence electrons. The van der Waals surface area contributed by atoms with Crippen LogP contribution in [0.15, 0.2) is 40.9 Å². The van der Waals surface area contributed by atoms with Gasteiger partial charge in [-0.25, -0.2) is 0 Å². The summed E-state index contributed by atoms with van der Waals surface area (Å²) < 4.78 is 1.13. The van der Waals surface area contributed by atoms with Crippen LogP contribution in [-0.4, -0.2) is 19.1 Å². The van der Waals surface area contributed by atoms with E-state index >= 15 is 0 Å². The highest BCUT2D eigenvalue weighted by molar-refractivity contribution is 9.10. The van der Waals surface area contributed by atoms with Crippen molar-refractivity contribution in [2.45, 2.75) is 12.5 Å². The molecule has 3 rings (SSSR count). The van der Waals surface area contributed by atoms with E-state index in [4.69, 9.17) is 5.73 Å². The van der Waals surface area contributed by atoms with Crippen LogP contribution in [0.1, 0.15) is 6.42 Å². The zero-order chi connectivity index (χ0) is 11.8. The first-order chi connectivity index (χ1) is 8.22. The van der Waals surface area contributed by atoms with Crippen molar-refractivity contribution in [3.63, 3.8) is 0 Å². The number of rotatable bonds is 1. The molecule has 0 saturated carbocycles. The quantitative estimate of drug-likeness (QED) is 0.874. The minimum atomic E-state index is 0.329. The lowest BCUT2D eigenvalue weighted by atomic mass is 10.1. The van der Waals surface area contributed by atoms with E-state index in [1.807, 2.05) is 0 Å². The van der Waals surface area contributed by atoms with Crippen molar-refractivity contribution in [3.8, 4) is 0 Å². The van der Waals surface area contributed by atoms with Crippen LogP contribution < -0.4 is 10.6 Å². The second-order valence-electron chi connectivity index (χ2n) is 4.67. The summed E-state index contributed by atoms with van der Waals surface area (Å²) in [7, 11) is 0. The van der Waals surface area contributed by atoms with Crippen LogP contribution in [0.25, 0.3) is 10.8 Å². The summed E-state index contributed by atoms with van der Waals surface area (Å²) >= 11 is 3.50. The number of hydrogen-bond acceptors (Lipinski definition) is 2. The van der Waals surface area contributed by atoms with Crippen LogP contribution in [0.2, 0.25) is 0 Å². The predicted octanol–water partition coefficient (Wildman–Crippen LogP) is 3.14. The molecule has 2 N–H and O–H groups in total. The Morgan fingerprint density at radius 2 is 1.88 bits per heavy atom. The van der Waals surface area contributed by atoms with Crippen LogP contribution >= 0.6 is 15.9 Å². The van der Waals surface area contributed by atoms with E-state index in [2.05, 4.69) is 57.2 Å². The van der Waals surface area contributed by atoms with Crippen molar-refractivity contribution in [2.24, 2.45) is 5.73 Å². The third-order valence-corrected chi connectivity index (χ3v) is 3.87. The first-order valence-electron chi connectivity index (χ1n) is 5.92. The number of nitrogens with zero attached hydrogens (tertiary/aromatic N) is 1. The summed E-state index contributed by atoms with van der Waals surface area (Å²) in [5.41, 5.74) is 7.23. The molecular formula is C14H15BrN2. The van der Waals surface area contributed by atoms with Crippen molar-refractivity contribution in [1.82, 2.24) is 0 Å². The van der Waals surface area contributed by atoms with Gasteiger partial charge >= 0.3 is 0 Å². The summed E-state index contributed by atoms with van der Waals surface area (Å²) in [6.45, 7) is 2.05. The molecule has 0 amide bonds. The van der Waals surface area contributed by atoms with Gasteiger partial charge in [0.25, 0.3) is 0 Å². The summed E-state index contributed by atoms with van der Waals surface area (Å²) in [4.78, 5) is 2.37. The molecule has 0 bridgehead atoms. The third kappa shape index (κ3) is 2.17. The molecule has 1 heterocycles. The zero-order valence-electron chi connectivity index (χ0n) is 9.57. The van der Waals surface area contributed by atoms with Crippen molar-refractivity contribution in [2.75, 3.05) is 18.0 Å². The van der Waals surface area contributed by atoms with Gasteiger partial charge in [-0.3, -0.25) is 0 Å². The number of benzene rings is 2. The van der Waals surface area contributed by atoms with E-state index in [0.717, 1.165) is 24.0 Å². The minimum absolute atomic E-state index is 0.329. The monoisotopic (exact) mass is 290 g/mol. The standard InChI is InChI=1S/C14H15BrN2/c15-12-3-1-11-8-14(4-2-10(11)7-12)17-6-5-13(16)9-17/h1-4,7-8,13H,5-6,9,16H2/t13-/m1/s1. The topological polar surface area (TPSA) is 29.3 Å². The van der Waals surface area contributed by atoms with Gasteiger partial charge in [0.15, 0.2) is 0 Å². The molecule has 2 nitrogen and oxygen atoms in total. The highest BCUT2D eigenvalue weighted by Crippen LogP contribution is 2.26. The molecule has 1 aliphatic rings. The SMILES string of the molecule is N[C@@H]1CCN(c2ccc3cc(Br)ccc3c2)C1. The van der Waals surface area contributed by atoms with Gasteiger partial charge in [-0.2, -0.15) is 0 Å². The van der Waals surface area contributed by atoms with E-state index in [-0.39, 0.29) is 0 Å². The van der Waals surface area contributed by atoms with E-state index in [1.54, 1.807) is 0 Å². The molecule has 3 heteroatoms. The Hall–Kier alpha value is -1.06. The maximum atomic E-state index is 5.95. The molecule has 1 fully saturated rings. The summed E-state index contributed by atoms with van der Waals surface area (Å²) in [5.74, 6) is 0. The molecule has 1 atom stereocenters. The van der Waals surface area contributed by atoms with Gasteiger partial charge in [-0.05, 0) is 41.5 Å². The Bertz CT molecular complexity index is 553. The number of fused-ring (bicyclic) bond motifs is 1. The van der Waals surface area contributed by atoms with Crippen molar-refractivity contribution >= 4 is 32.4 Å². The molecule has 0 unspecified atom stereocenters. The lowest BCUT2D eigenvalue weighted by Gasteiger charge is -2.18. The molecule has 0 spiro atoms. The Labute approximate surface area is 110 Å². The van der Waals surface area contributed by atoms with Crippen molar-refractivity contribution in [1.29, 1.82) is 0 Å². The Morgan fingerprint density at radius 1 is 1.12 bits per heavy atom. The first-order valence-corrected chi connectivity index (χ1v) is 6.71. The van der Waals surface area contributed by atoms with Crippen LogP contribution in [0.5, 0.6) is 0 Å².